The summed E-state index contributed by atoms with van der Waals surface area (Å²) in [5.41, 5.74) is -0.163. The summed E-state index contributed by atoms with van der Waals surface area (Å²) in [5, 5.41) is 3.57. The van der Waals surface area contributed by atoms with Crippen LogP contribution in [0.2, 0.25) is 0 Å². The molecule has 1 aliphatic heterocycles. The molecule has 116 valence electrons. The van der Waals surface area contributed by atoms with E-state index in [-0.39, 0.29) is 11.7 Å². The zero-order chi connectivity index (χ0) is 14.9. The molecule has 1 spiro atoms. The van der Waals surface area contributed by atoms with E-state index >= 15 is 0 Å². The molecule has 0 bridgehead atoms. The molecule has 4 heteroatoms. The maximum absolute atomic E-state index is 12.5. The molecule has 1 heterocycles. The van der Waals surface area contributed by atoms with Crippen LogP contribution in [0.1, 0.15) is 53.4 Å². The number of nitrogens with one attached hydrogen (secondary N) is 1. The van der Waals surface area contributed by atoms with Crippen molar-refractivity contribution in [3.8, 4) is 0 Å². The van der Waals surface area contributed by atoms with Crippen LogP contribution in [0.4, 0.5) is 0 Å². The summed E-state index contributed by atoms with van der Waals surface area (Å²) in [6.07, 6.45) is 4.57. The van der Waals surface area contributed by atoms with Crippen LogP contribution in [0.3, 0.4) is 0 Å². The van der Waals surface area contributed by atoms with Gasteiger partial charge in [-0.1, -0.05) is 13.8 Å². The van der Waals surface area contributed by atoms with Crippen molar-refractivity contribution in [2.24, 2.45) is 5.92 Å². The summed E-state index contributed by atoms with van der Waals surface area (Å²) >= 11 is 0. The highest BCUT2D eigenvalue weighted by molar-refractivity contribution is 5.91. The number of nitrogens with zero attached hydrogens (tertiary/aromatic N) is 2. The molecule has 1 amide bonds. The summed E-state index contributed by atoms with van der Waals surface area (Å²) in [7, 11) is 2.17. The van der Waals surface area contributed by atoms with E-state index < -0.39 is 0 Å². The molecule has 0 aromatic carbocycles. The van der Waals surface area contributed by atoms with E-state index in [1.165, 1.54) is 0 Å². The van der Waals surface area contributed by atoms with Crippen LogP contribution >= 0.6 is 0 Å². The van der Waals surface area contributed by atoms with Gasteiger partial charge in [0.05, 0.1) is 11.7 Å². The van der Waals surface area contributed by atoms with Crippen LogP contribution in [0.25, 0.3) is 0 Å². The number of carbonyl (C=O) groups excluding carboxylic acids is 1. The normalized spacial score (nSPS) is 24.7. The molecule has 4 nitrogen and oxygen atoms in total. The first-order chi connectivity index (χ1) is 9.37. The number of hydrogen-bond donors (Lipinski definition) is 1. The lowest BCUT2D eigenvalue weighted by atomic mass is 10.1. The molecule has 1 atom stereocenters. The molecule has 1 aliphatic carbocycles. The standard InChI is InChI=1S/C16H31N3O/c1-12(2)14-17-16(8-9-16)15(20)19(14)11-7-6-10-18(5)13(3)4/h12-14,17H,6-11H2,1-5H3. The van der Waals surface area contributed by atoms with Gasteiger partial charge in [0.25, 0.3) is 0 Å². The number of amides is 1. The third-order valence-corrected chi connectivity index (χ3v) is 4.85. The highest BCUT2D eigenvalue weighted by Crippen LogP contribution is 2.43. The molecular formula is C16H31N3O. The van der Waals surface area contributed by atoms with Crippen molar-refractivity contribution in [3.63, 3.8) is 0 Å². The maximum atomic E-state index is 12.5. The Morgan fingerprint density at radius 1 is 1.30 bits per heavy atom. The van der Waals surface area contributed by atoms with Crippen molar-refractivity contribution in [2.75, 3.05) is 20.1 Å². The van der Waals surface area contributed by atoms with Gasteiger partial charge in [0.2, 0.25) is 5.91 Å². The van der Waals surface area contributed by atoms with Gasteiger partial charge in [-0.05, 0) is 59.0 Å². The van der Waals surface area contributed by atoms with Gasteiger partial charge in [-0.3, -0.25) is 10.1 Å². The first kappa shape index (κ1) is 15.8. The van der Waals surface area contributed by atoms with Gasteiger partial charge < -0.3 is 9.80 Å². The van der Waals surface area contributed by atoms with Gasteiger partial charge in [0, 0.05) is 12.6 Å². The molecule has 0 aromatic rings. The van der Waals surface area contributed by atoms with Crippen LogP contribution in [0.15, 0.2) is 0 Å². The Bertz CT molecular complexity index is 350. The van der Waals surface area contributed by atoms with Crippen molar-refractivity contribution in [2.45, 2.75) is 71.1 Å². The molecule has 1 saturated heterocycles. The fraction of sp³-hybridized carbons (Fsp3) is 0.938. The molecule has 1 saturated carbocycles. The van der Waals surface area contributed by atoms with E-state index in [0.29, 0.717) is 17.9 Å². The topological polar surface area (TPSA) is 35.6 Å². The van der Waals surface area contributed by atoms with E-state index in [1.807, 2.05) is 0 Å². The molecule has 0 radical (unpaired) electrons. The van der Waals surface area contributed by atoms with E-state index in [9.17, 15) is 4.79 Å². The molecule has 1 unspecified atom stereocenters. The lowest BCUT2D eigenvalue weighted by molar-refractivity contribution is -0.131. The average Bonchev–Trinajstić information content (AvgIpc) is 3.10. The van der Waals surface area contributed by atoms with E-state index in [2.05, 4.69) is 49.9 Å². The second-order valence-electron chi connectivity index (χ2n) is 7.20. The van der Waals surface area contributed by atoms with Crippen molar-refractivity contribution < 1.29 is 4.79 Å². The summed E-state index contributed by atoms with van der Waals surface area (Å²) in [6, 6.07) is 0.600. The van der Waals surface area contributed by atoms with Gasteiger partial charge >= 0.3 is 0 Å². The smallest absolute Gasteiger partial charge is 0.244 e. The molecule has 2 fully saturated rings. The van der Waals surface area contributed by atoms with Crippen molar-refractivity contribution in [1.29, 1.82) is 0 Å². The second kappa shape index (κ2) is 6.02. The molecule has 1 N–H and O–H groups in total. The first-order valence-corrected chi connectivity index (χ1v) is 8.16. The van der Waals surface area contributed by atoms with Gasteiger partial charge in [-0.25, -0.2) is 0 Å². The fourth-order valence-electron chi connectivity index (χ4n) is 2.98. The summed E-state index contributed by atoms with van der Waals surface area (Å²) in [4.78, 5) is 17.0. The highest BCUT2D eigenvalue weighted by atomic mass is 16.2. The summed E-state index contributed by atoms with van der Waals surface area (Å²) in [5.74, 6) is 0.839. The van der Waals surface area contributed by atoms with Crippen LogP contribution in [0, 0.1) is 5.92 Å². The Labute approximate surface area is 123 Å². The molecule has 2 aliphatic rings. The number of hydrogen-bond acceptors (Lipinski definition) is 3. The zero-order valence-corrected chi connectivity index (χ0v) is 13.8. The number of rotatable bonds is 7. The zero-order valence-electron chi connectivity index (χ0n) is 13.8. The van der Waals surface area contributed by atoms with Crippen LogP contribution in [0.5, 0.6) is 0 Å². The molecule has 20 heavy (non-hydrogen) atoms. The number of carbonyl (C=O) groups is 1. The van der Waals surface area contributed by atoms with E-state index in [0.717, 1.165) is 38.8 Å². The Morgan fingerprint density at radius 2 is 1.95 bits per heavy atom. The predicted octanol–water partition coefficient (Wildman–Crippen LogP) is 2.05. The maximum Gasteiger partial charge on any atom is 0.244 e. The minimum atomic E-state index is -0.163. The van der Waals surface area contributed by atoms with Crippen LogP contribution in [-0.4, -0.2) is 53.6 Å². The second-order valence-corrected chi connectivity index (χ2v) is 7.20. The SMILES string of the molecule is CC(C)C1NC2(CC2)C(=O)N1CCCCN(C)C(C)C. The summed E-state index contributed by atoms with van der Waals surface area (Å²) < 4.78 is 0. The molecular weight excluding hydrogens is 250 g/mol. The lowest BCUT2D eigenvalue weighted by Crippen LogP contribution is -2.42. The van der Waals surface area contributed by atoms with Crippen molar-refractivity contribution in [1.82, 2.24) is 15.1 Å². The Hall–Kier alpha value is -0.610. The third kappa shape index (κ3) is 3.17. The van der Waals surface area contributed by atoms with Crippen molar-refractivity contribution in [3.05, 3.63) is 0 Å². The van der Waals surface area contributed by atoms with Crippen LogP contribution in [-0.2, 0) is 4.79 Å². The number of unbranched alkanes of at least 4 members (excludes halogenated alkanes) is 1. The quantitative estimate of drug-likeness (QED) is 0.726. The lowest BCUT2D eigenvalue weighted by Gasteiger charge is -2.27. The van der Waals surface area contributed by atoms with E-state index in [1.54, 1.807) is 0 Å². The predicted molar refractivity (Wildman–Crippen MR) is 82.4 cm³/mol. The Balaban J connectivity index is 1.80. The van der Waals surface area contributed by atoms with Crippen molar-refractivity contribution >= 4 is 5.91 Å². The molecule has 0 aromatic heterocycles. The largest absolute Gasteiger partial charge is 0.325 e. The first-order valence-electron chi connectivity index (χ1n) is 8.16. The van der Waals surface area contributed by atoms with Gasteiger partial charge in [0.15, 0.2) is 0 Å². The third-order valence-electron chi connectivity index (χ3n) is 4.85. The minimum Gasteiger partial charge on any atom is -0.325 e. The average molecular weight is 281 g/mol. The highest BCUT2D eigenvalue weighted by Gasteiger charge is 2.59. The fourth-order valence-corrected chi connectivity index (χ4v) is 2.98. The Kier molecular flexibility index (Phi) is 4.75. The van der Waals surface area contributed by atoms with Gasteiger partial charge in [-0.2, -0.15) is 0 Å². The van der Waals surface area contributed by atoms with Crippen LogP contribution < -0.4 is 5.32 Å². The summed E-state index contributed by atoms with van der Waals surface area (Å²) in [6.45, 7) is 10.9. The van der Waals surface area contributed by atoms with E-state index in [4.69, 9.17) is 0 Å². The van der Waals surface area contributed by atoms with Gasteiger partial charge in [-0.15, -0.1) is 0 Å². The monoisotopic (exact) mass is 281 g/mol. The molecule has 2 rings (SSSR count). The minimum absolute atomic E-state index is 0.163. The Morgan fingerprint density at radius 3 is 2.45 bits per heavy atom. The van der Waals surface area contributed by atoms with Gasteiger partial charge in [0.1, 0.15) is 0 Å².